The number of ether oxygens (including phenoxy) is 3. The van der Waals surface area contributed by atoms with E-state index in [9.17, 15) is 13.6 Å². The first-order valence-corrected chi connectivity index (χ1v) is 7.91. The molecular formula is C17H22F2O4. The largest absolute Gasteiger partial charge is 0.466 e. The van der Waals surface area contributed by atoms with Gasteiger partial charge in [0, 0.05) is 12.5 Å². The van der Waals surface area contributed by atoms with Gasteiger partial charge in [0.15, 0.2) is 0 Å². The first-order valence-electron chi connectivity index (χ1n) is 7.91. The Morgan fingerprint density at radius 2 is 2.13 bits per heavy atom. The molecule has 1 aliphatic rings. The number of rotatable bonds is 9. The van der Waals surface area contributed by atoms with Crippen molar-refractivity contribution in [2.45, 2.75) is 45.3 Å². The third-order valence-corrected chi connectivity index (χ3v) is 3.68. The van der Waals surface area contributed by atoms with E-state index in [2.05, 4.69) is 0 Å². The minimum absolute atomic E-state index is 0.0472. The van der Waals surface area contributed by atoms with Crippen molar-refractivity contribution in [3.05, 3.63) is 34.9 Å². The van der Waals surface area contributed by atoms with Crippen molar-refractivity contribution in [2.24, 2.45) is 0 Å². The molecule has 0 aromatic heterocycles. The van der Waals surface area contributed by atoms with Crippen LogP contribution in [0.15, 0.2) is 12.1 Å². The standard InChI is InChI=1S/C17H22F2O4/c1-3-16(23-10-12-9-22-12)14-7-11(18)8-15(19)13(14)5-6-17(20)21-4-2/h7-8,12,16H,3-6,9-10H2,1-2H3/t12-,16-/m1/s1. The molecule has 1 heterocycles. The Bertz CT molecular complexity index is 544. The zero-order valence-electron chi connectivity index (χ0n) is 13.4. The predicted molar refractivity (Wildman–Crippen MR) is 80.0 cm³/mol. The first kappa shape index (κ1) is 17.8. The normalized spacial score (nSPS) is 17.8. The fourth-order valence-corrected chi connectivity index (χ4v) is 2.45. The predicted octanol–water partition coefficient (Wildman–Crippen LogP) is 3.33. The molecule has 2 rings (SSSR count). The lowest BCUT2D eigenvalue weighted by Crippen LogP contribution is -2.13. The lowest BCUT2D eigenvalue weighted by atomic mass is 9.96. The van der Waals surface area contributed by atoms with E-state index in [-0.39, 0.29) is 25.6 Å². The molecule has 0 unspecified atom stereocenters. The zero-order chi connectivity index (χ0) is 16.8. The summed E-state index contributed by atoms with van der Waals surface area (Å²) in [6.07, 6.45) is 0.417. The molecule has 1 aliphatic heterocycles. The van der Waals surface area contributed by atoms with Gasteiger partial charge in [-0.3, -0.25) is 4.79 Å². The van der Waals surface area contributed by atoms with E-state index >= 15 is 0 Å². The molecule has 2 atom stereocenters. The van der Waals surface area contributed by atoms with E-state index in [1.807, 2.05) is 6.92 Å². The molecule has 6 heteroatoms. The van der Waals surface area contributed by atoms with Gasteiger partial charge < -0.3 is 14.2 Å². The lowest BCUT2D eigenvalue weighted by Gasteiger charge is -2.20. The Hall–Kier alpha value is -1.53. The second-order valence-electron chi connectivity index (χ2n) is 5.45. The van der Waals surface area contributed by atoms with E-state index in [0.29, 0.717) is 30.8 Å². The molecular weight excluding hydrogens is 306 g/mol. The van der Waals surface area contributed by atoms with Crippen molar-refractivity contribution in [3.8, 4) is 0 Å². The summed E-state index contributed by atoms with van der Waals surface area (Å²) in [5.74, 6) is -1.71. The van der Waals surface area contributed by atoms with Crippen LogP contribution in [0.5, 0.6) is 0 Å². The molecule has 4 nitrogen and oxygen atoms in total. The molecule has 0 N–H and O–H groups in total. The molecule has 0 aliphatic carbocycles. The summed E-state index contributed by atoms with van der Waals surface area (Å²) >= 11 is 0. The molecule has 1 saturated heterocycles. The maximum Gasteiger partial charge on any atom is 0.306 e. The molecule has 1 aromatic carbocycles. The minimum atomic E-state index is -0.658. The van der Waals surface area contributed by atoms with Crippen LogP contribution < -0.4 is 0 Å². The van der Waals surface area contributed by atoms with Gasteiger partial charge in [0.2, 0.25) is 0 Å². The number of hydrogen-bond donors (Lipinski definition) is 0. The number of carbonyl (C=O) groups excluding carboxylic acids is 1. The van der Waals surface area contributed by atoms with Crippen molar-refractivity contribution in [1.82, 2.24) is 0 Å². The second kappa shape index (κ2) is 8.36. The topological polar surface area (TPSA) is 48.1 Å². The van der Waals surface area contributed by atoms with E-state index < -0.39 is 23.7 Å². The smallest absolute Gasteiger partial charge is 0.306 e. The van der Waals surface area contributed by atoms with E-state index in [0.717, 1.165) is 6.07 Å². The highest BCUT2D eigenvalue weighted by Crippen LogP contribution is 2.29. The van der Waals surface area contributed by atoms with E-state index in [1.165, 1.54) is 6.07 Å². The summed E-state index contributed by atoms with van der Waals surface area (Å²) in [6.45, 7) is 4.93. The van der Waals surface area contributed by atoms with Gasteiger partial charge in [-0.1, -0.05) is 6.92 Å². The highest BCUT2D eigenvalue weighted by Gasteiger charge is 2.26. The van der Waals surface area contributed by atoms with Crippen molar-refractivity contribution in [2.75, 3.05) is 19.8 Å². The van der Waals surface area contributed by atoms with Crippen molar-refractivity contribution in [3.63, 3.8) is 0 Å². The summed E-state index contributed by atoms with van der Waals surface area (Å²) in [7, 11) is 0. The molecule has 128 valence electrons. The number of epoxide rings is 1. The van der Waals surface area contributed by atoms with Crippen molar-refractivity contribution >= 4 is 5.97 Å². The van der Waals surface area contributed by atoms with Crippen LogP contribution in [-0.2, 0) is 25.4 Å². The average molecular weight is 328 g/mol. The Labute approximate surface area is 134 Å². The molecule has 1 fully saturated rings. The summed E-state index contributed by atoms with van der Waals surface area (Å²) in [4.78, 5) is 11.5. The van der Waals surface area contributed by atoms with Gasteiger partial charge >= 0.3 is 5.97 Å². The van der Waals surface area contributed by atoms with Gasteiger partial charge in [0.1, 0.15) is 17.7 Å². The van der Waals surface area contributed by atoms with Crippen LogP contribution in [0.3, 0.4) is 0 Å². The van der Waals surface area contributed by atoms with Crippen LogP contribution in [0.2, 0.25) is 0 Å². The first-order chi connectivity index (χ1) is 11.0. The third-order valence-electron chi connectivity index (χ3n) is 3.68. The monoisotopic (exact) mass is 328 g/mol. The number of esters is 1. The Kier molecular flexibility index (Phi) is 6.47. The zero-order valence-corrected chi connectivity index (χ0v) is 13.4. The van der Waals surface area contributed by atoms with Crippen LogP contribution >= 0.6 is 0 Å². The van der Waals surface area contributed by atoms with E-state index in [1.54, 1.807) is 6.92 Å². The van der Waals surface area contributed by atoms with Crippen molar-refractivity contribution in [1.29, 1.82) is 0 Å². The van der Waals surface area contributed by atoms with Gasteiger partial charge in [-0.05, 0) is 37.0 Å². The van der Waals surface area contributed by atoms with Crippen LogP contribution in [0.25, 0.3) is 0 Å². The SMILES string of the molecule is CCOC(=O)CCc1c(F)cc(F)cc1[C@@H](CC)OC[C@H]1CO1. The molecule has 0 radical (unpaired) electrons. The molecule has 23 heavy (non-hydrogen) atoms. The number of benzene rings is 1. The molecule has 0 bridgehead atoms. The molecule has 0 saturated carbocycles. The summed E-state index contributed by atoms with van der Waals surface area (Å²) in [6, 6.07) is 2.12. The Morgan fingerprint density at radius 3 is 2.74 bits per heavy atom. The molecule has 0 amide bonds. The van der Waals surface area contributed by atoms with Crippen LogP contribution in [0, 0.1) is 11.6 Å². The molecule has 1 aromatic rings. The minimum Gasteiger partial charge on any atom is -0.466 e. The van der Waals surface area contributed by atoms with Gasteiger partial charge in [0.05, 0.1) is 25.9 Å². The maximum absolute atomic E-state index is 14.2. The lowest BCUT2D eigenvalue weighted by molar-refractivity contribution is -0.143. The fourth-order valence-electron chi connectivity index (χ4n) is 2.45. The third kappa shape index (κ3) is 5.25. The van der Waals surface area contributed by atoms with Crippen molar-refractivity contribution < 1.29 is 27.8 Å². The van der Waals surface area contributed by atoms with E-state index in [4.69, 9.17) is 14.2 Å². The average Bonchev–Trinajstić information content (AvgIpc) is 3.31. The maximum atomic E-state index is 14.2. The van der Waals surface area contributed by atoms with Crippen LogP contribution in [0.4, 0.5) is 8.78 Å². The quantitative estimate of drug-likeness (QED) is 0.515. The Morgan fingerprint density at radius 1 is 1.39 bits per heavy atom. The van der Waals surface area contributed by atoms with Gasteiger partial charge in [0.25, 0.3) is 0 Å². The van der Waals surface area contributed by atoms with Crippen LogP contribution in [0.1, 0.15) is 43.9 Å². The number of halogens is 2. The van der Waals surface area contributed by atoms with Gasteiger partial charge in [-0.25, -0.2) is 8.78 Å². The fraction of sp³-hybridized carbons (Fsp3) is 0.588. The highest BCUT2D eigenvalue weighted by atomic mass is 19.1. The molecule has 0 spiro atoms. The summed E-state index contributed by atoms with van der Waals surface area (Å²) in [5.41, 5.74) is 0.762. The Balaban J connectivity index is 2.15. The highest BCUT2D eigenvalue weighted by molar-refractivity contribution is 5.69. The summed E-state index contributed by atoms with van der Waals surface area (Å²) in [5, 5.41) is 0. The van der Waals surface area contributed by atoms with Gasteiger partial charge in [-0.2, -0.15) is 0 Å². The van der Waals surface area contributed by atoms with Gasteiger partial charge in [-0.15, -0.1) is 0 Å². The number of hydrogen-bond acceptors (Lipinski definition) is 4. The van der Waals surface area contributed by atoms with Crippen LogP contribution in [-0.4, -0.2) is 31.9 Å². The summed E-state index contributed by atoms with van der Waals surface area (Å²) < 4.78 is 43.5. The number of carbonyl (C=O) groups is 1. The second-order valence-corrected chi connectivity index (χ2v) is 5.45.